The summed E-state index contributed by atoms with van der Waals surface area (Å²) in [4.78, 5) is 22.0. The first-order valence-corrected chi connectivity index (χ1v) is 7.99. The maximum atomic E-state index is 12.9. The Morgan fingerprint density at radius 2 is 1.70 bits per heavy atom. The van der Waals surface area contributed by atoms with Gasteiger partial charge in [0.05, 0.1) is 0 Å². The van der Waals surface area contributed by atoms with Crippen LogP contribution in [-0.2, 0) is 9.59 Å². The Morgan fingerprint density at radius 1 is 1.10 bits per heavy atom. The van der Waals surface area contributed by atoms with Gasteiger partial charge in [0.15, 0.2) is 12.0 Å². The van der Waals surface area contributed by atoms with E-state index >= 15 is 0 Å². The van der Waals surface area contributed by atoms with Crippen LogP contribution in [0.25, 0.3) is 0 Å². The highest BCUT2D eigenvalue weighted by molar-refractivity contribution is 5.80. The number of carbonyl (C=O) groups is 2. The van der Waals surface area contributed by atoms with Crippen LogP contribution in [0.15, 0.2) is 0 Å². The molecule has 20 heavy (non-hydrogen) atoms. The Balaban J connectivity index is -0.00000103. The van der Waals surface area contributed by atoms with Gasteiger partial charge in [-0.3, -0.25) is 9.59 Å². The summed E-state index contributed by atoms with van der Waals surface area (Å²) in [6, 6.07) is 0. The van der Waals surface area contributed by atoms with E-state index in [2.05, 4.69) is 12.2 Å². The minimum Gasteiger partial charge on any atom is -0.356 e. The lowest BCUT2D eigenvalue weighted by Gasteiger charge is -2.06. The largest absolute Gasteiger partial charge is 0.356 e. The zero-order valence-corrected chi connectivity index (χ0v) is 13.6. The fourth-order valence-electron chi connectivity index (χ4n) is 1.69. The van der Waals surface area contributed by atoms with Crippen LogP contribution in [0.4, 0.5) is 4.39 Å². The summed E-state index contributed by atoms with van der Waals surface area (Å²) in [6.45, 7) is 8.11. The van der Waals surface area contributed by atoms with Crippen molar-refractivity contribution in [2.45, 2.75) is 85.2 Å². The number of Topliss-reactive ketones (excluding diaryl/α,β-unsaturated/α-hetero) is 1. The van der Waals surface area contributed by atoms with Crippen LogP contribution in [-0.4, -0.2) is 24.4 Å². The molecule has 1 amide bonds. The van der Waals surface area contributed by atoms with Crippen molar-refractivity contribution >= 4 is 11.7 Å². The van der Waals surface area contributed by atoms with Crippen molar-refractivity contribution in [1.29, 1.82) is 0 Å². The van der Waals surface area contributed by atoms with Crippen molar-refractivity contribution in [2.75, 3.05) is 6.54 Å². The highest BCUT2D eigenvalue weighted by atomic mass is 19.1. The summed E-state index contributed by atoms with van der Waals surface area (Å²) in [5.74, 6) is -0.493. The molecule has 0 rings (SSSR count). The van der Waals surface area contributed by atoms with E-state index < -0.39 is 12.0 Å². The molecule has 0 aromatic rings. The first-order chi connectivity index (χ1) is 9.57. The lowest BCUT2D eigenvalue weighted by atomic mass is 10.1. The Kier molecular flexibility index (Phi) is 17.2. The number of alkyl halides is 1. The van der Waals surface area contributed by atoms with Gasteiger partial charge in [-0.15, -0.1) is 0 Å². The molecule has 0 fully saturated rings. The average molecular weight is 291 g/mol. The number of nitrogens with one attached hydrogen (secondary N) is 1. The average Bonchev–Trinajstić information content (AvgIpc) is 2.44. The minimum absolute atomic E-state index is 0. The van der Waals surface area contributed by atoms with E-state index in [0.29, 0.717) is 19.4 Å². The second kappa shape index (κ2) is 16.1. The molecule has 1 N–H and O–H groups in total. The van der Waals surface area contributed by atoms with Crippen molar-refractivity contribution in [2.24, 2.45) is 0 Å². The van der Waals surface area contributed by atoms with Crippen molar-refractivity contribution in [3.63, 3.8) is 0 Å². The van der Waals surface area contributed by atoms with Crippen LogP contribution >= 0.6 is 0 Å². The molecule has 0 radical (unpaired) electrons. The normalized spacial score (nSPS) is 11.2. The summed E-state index contributed by atoms with van der Waals surface area (Å²) in [5, 5.41) is 2.82. The van der Waals surface area contributed by atoms with Gasteiger partial charge in [0.1, 0.15) is 0 Å². The van der Waals surface area contributed by atoms with Crippen LogP contribution < -0.4 is 5.32 Å². The molecule has 122 valence electrons. The van der Waals surface area contributed by atoms with Crippen molar-refractivity contribution in [3.8, 4) is 0 Å². The monoisotopic (exact) mass is 291 g/mol. The van der Waals surface area contributed by atoms with Crippen LogP contribution in [0, 0.1) is 0 Å². The highest BCUT2D eigenvalue weighted by Gasteiger charge is 2.12. The molecule has 0 bridgehead atoms. The van der Waals surface area contributed by atoms with Crippen LogP contribution in [0.5, 0.6) is 0 Å². The van der Waals surface area contributed by atoms with E-state index in [-0.39, 0.29) is 13.8 Å². The van der Waals surface area contributed by atoms with Gasteiger partial charge in [-0.05, 0) is 26.2 Å². The Morgan fingerprint density at radius 3 is 2.25 bits per heavy atom. The van der Waals surface area contributed by atoms with Gasteiger partial charge in [-0.1, -0.05) is 46.5 Å². The predicted octanol–water partition coefficient (Wildman–Crippen LogP) is 4.44. The summed E-state index contributed by atoms with van der Waals surface area (Å²) in [5.41, 5.74) is 0. The number of amides is 1. The zero-order valence-electron chi connectivity index (χ0n) is 13.6. The molecule has 1 atom stereocenters. The van der Waals surface area contributed by atoms with E-state index in [0.717, 1.165) is 12.8 Å². The molecule has 0 aliphatic carbocycles. The first kappa shape index (κ1) is 21.4. The quantitative estimate of drug-likeness (QED) is 0.572. The minimum atomic E-state index is -1.41. The molecule has 0 aliphatic rings. The molecule has 4 heteroatoms. The molecular weight excluding hydrogens is 257 g/mol. The third-order valence-corrected chi connectivity index (χ3v) is 2.91. The van der Waals surface area contributed by atoms with Gasteiger partial charge in [-0.25, -0.2) is 4.39 Å². The summed E-state index contributed by atoms with van der Waals surface area (Å²) < 4.78 is 12.9. The third kappa shape index (κ3) is 15.1. The number of rotatable bonds is 11. The molecule has 0 spiro atoms. The Hall–Kier alpha value is -0.930. The summed E-state index contributed by atoms with van der Waals surface area (Å²) >= 11 is 0. The molecule has 0 heterocycles. The number of hydrogen-bond acceptors (Lipinski definition) is 2. The molecule has 0 aliphatic heterocycles. The zero-order chi connectivity index (χ0) is 15.8. The second-order valence-corrected chi connectivity index (χ2v) is 4.73. The van der Waals surface area contributed by atoms with Gasteiger partial charge in [-0.2, -0.15) is 0 Å². The van der Waals surface area contributed by atoms with E-state index in [4.69, 9.17) is 0 Å². The molecule has 0 saturated carbocycles. The Labute approximate surface area is 125 Å². The first-order valence-electron chi connectivity index (χ1n) is 7.99. The molecule has 0 saturated heterocycles. The van der Waals surface area contributed by atoms with Crippen molar-refractivity contribution in [1.82, 2.24) is 5.32 Å². The van der Waals surface area contributed by atoms with Gasteiger partial charge in [0.2, 0.25) is 5.91 Å². The van der Waals surface area contributed by atoms with Crippen LogP contribution in [0.1, 0.15) is 80.5 Å². The molecule has 0 aromatic carbocycles. The lowest BCUT2D eigenvalue weighted by Crippen LogP contribution is -2.24. The maximum Gasteiger partial charge on any atom is 0.219 e. The lowest BCUT2D eigenvalue weighted by molar-refractivity contribution is -0.123. The molecule has 0 aromatic heterocycles. The molecular formula is C16H34FNO2. The fraction of sp³-hybridized carbons (Fsp3) is 0.875. The Bertz CT molecular complexity index is 250. The molecule has 3 nitrogen and oxygen atoms in total. The van der Waals surface area contributed by atoms with E-state index in [1.165, 1.54) is 26.2 Å². The second-order valence-electron chi connectivity index (χ2n) is 4.73. The smallest absolute Gasteiger partial charge is 0.219 e. The standard InChI is InChI=1S/C14H26FNO2.C2H6.H2/c1-3-4-5-6-7-11-16-14(18)10-8-9-13(15)12(2)17;1-2;/h13H,3-11H2,1-2H3,(H,16,18);1-2H3;1H. The van der Waals surface area contributed by atoms with Gasteiger partial charge < -0.3 is 5.32 Å². The van der Waals surface area contributed by atoms with Crippen LogP contribution in [0.3, 0.4) is 0 Å². The predicted molar refractivity (Wildman–Crippen MR) is 84.7 cm³/mol. The van der Waals surface area contributed by atoms with E-state index in [1.807, 2.05) is 13.8 Å². The summed E-state index contributed by atoms with van der Waals surface area (Å²) in [6.07, 6.45) is 5.31. The topological polar surface area (TPSA) is 46.2 Å². The number of unbranched alkanes of at least 4 members (excludes halogenated alkanes) is 4. The van der Waals surface area contributed by atoms with Gasteiger partial charge in [0, 0.05) is 14.4 Å². The van der Waals surface area contributed by atoms with E-state index in [1.54, 1.807) is 0 Å². The molecule has 1 unspecified atom stereocenters. The summed E-state index contributed by atoms with van der Waals surface area (Å²) in [7, 11) is 0. The third-order valence-electron chi connectivity index (χ3n) is 2.91. The van der Waals surface area contributed by atoms with Crippen LogP contribution in [0.2, 0.25) is 0 Å². The fourth-order valence-corrected chi connectivity index (χ4v) is 1.69. The highest BCUT2D eigenvalue weighted by Crippen LogP contribution is 2.06. The van der Waals surface area contributed by atoms with Gasteiger partial charge >= 0.3 is 0 Å². The van der Waals surface area contributed by atoms with E-state index in [9.17, 15) is 14.0 Å². The van der Waals surface area contributed by atoms with Crippen molar-refractivity contribution < 1.29 is 15.4 Å². The SMILES string of the molecule is CC.CCCCCCCNC(=O)CCCC(F)C(C)=O.[HH]. The van der Waals surface area contributed by atoms with Crippen molar-refractivity contribution in [3.05, 3.63) is 0 Å². The maximum absolute atomic E-state index is 12.9. The van der Waals surface area contributed by atoms with Gasteiger partial charge in [0.25, 0.3) is 0 Å². The number of hydrogen-bond donors (Lipinski definition) is 1. The number of halogens is 1. The number of ketones is 1. The number of carbonyl (C=O) groups excluding carboxylic acids is 2.